The van der Waals surface area contributed by atoms with Crippen LogP contribution in [0.3, 0.4) is 0 Å². The molecule has 5 heterocycles. The summed E-state index contributed by atoms with van der Waals surface area (Å²) in [7, 11) is 0. The van der Waals surface area contributed by atoms with Crippen molar-refractivity contribution in [3.63, 3.8) is 0 Å². The summed E-state index contributed by atoms with van der Waals surface area (Å²) in [5, 5.41) is 17.6. The van der Waals surface area contributed by atoms with Gasteiger partial charge >= 0.3 is 12.1 Å². The molecule has 2 saturated carbocycles. The van der Waals surface area contributed by atoms with Gasteiger partial charge in [0.2, 0.25) is 23.5 Å². The highest BCUT2D eigenvalue weighted by atomic mass is 32.1. The number of amides is 3. The zero-order valence-electron chi connectivity index (χ0n) is 26.3. The molecule has 0 radical (unpaired) electrons. The first-order chi connectivity index (χ1) is 23.3. The number of rotatable bonds is 6. The van der Waals surface area contributed by atoms with Crippen LogP contribution in [0.25, 0.3) is 21.9 Å². The number of ether oxygens (including phenoxy) is 2. The van der Waals surface area contributed by atoms with E-state index in [0.29, 0.717) is 23.1 Å². The van der Waals surface area contributed by atoms with Crippen molar-refractivity contribution in [2.75, 3.05) is 6.54 Å². The number of aliphatic carboxylic acids is 1. The van der Waals surface area contributed by atoms with Crippen LogP contribution in [-0.4, -0.2) is 85.2 Å². The van der Waals surface area contributed by atoms with Gasteiger partial charge in [-0.25, -0.2) is 19.6 Å². The van der Waals surface area contributed by atoms with Crippen LogP contribution >= 0.6 is 11.3 Å². The zero-order valence-corrected chi connectivity index (χ0v) is 27.2. The number of alkyl carbamates (subject to hydrolysis) is 1. The number of hydrogen-bond donors (Lipinski definition) is 3. The molecule has 0 spiro atoms. The third-order valence-electron chi connectivity index (χ3n) is 9.66. The van der Waals surface area contributed by atoms with Crippen LogP contribution in [0, 0.1) is 5.92 Å². The number of thiophene rings is 1. The molecule has 0 unspecified atom stereocenters. The smallest absolute Gasteiger partial charge is 0.408 e. The molecular formula is C33H38N6O8S. The number of carbonyl (C=O) groups excluding carboxylic acids is 3. The van der Waals surface area contributed by atoms with Gasteiger partial charge in [-0.15, -0.1) is 11.3 Å². The summed E-state index contributed by atoms with van der Waals surface area (Å²) < 4.78 is 18.1. The molecule has 48 heavy (non-hydrogen) atoms. The fraction of sp³-hybridized carbons (Fsp3) is 0.545. The number of fused-ring (bicyclic) bond motifs is 3. The summed E-state index contributed by atoms with van der Waals surface area (Å²) in [6, 6.07) is -0.157. The number of hydrogen-bond acceptors (Lipinski definition) is 11. The Morgan fingerprint density at radius 3 is 2.73 bits per heavy atom. The van der Waals surface area contributed by atoms with Crippen molar-refractivity contribution in [2.24, 2.45) is 5.92 Å². The molecule has 0 aromatic carbocycles. The maximum absolute atomic E-state index is 14.3. The van der Waals surface area contributed by atoms with Gasteiger partial charge in [-0.05, 0) is 62.8 Å². The van der Waals surface area contributed by atoms with E-state index in [1.165, 1.54) is 28.7 Å². The molecule has 4 aliphatic rings. The number of carboxylic acid groups (broad SMARTS) is 1. The number of nitrogens with zero attached hydrogens (tertiary/aromatic N) is 4. The Balaban J connectivity index is 1.17. The molecule has 2 aliphatic carbocycles. The first-order valence-corrected chi connectivity index (χ1v) is 17.5. The number of aromatic nitrogens is 3. The fourth-order valence-corrected chi connectivity index (χ4v) is 7.75. The fourth-order valence-electron chi connectivity index (χ4n) is 6.98. The lowest BCUT2D eigenvalue weighted by Crippen LogP contribution is -2.56. The zero-order chi connectivity index (χ0) is 33.3. The molecule has 15 heteroatoms. The van der Waals surface area contributed by atoms with E-state index in [-0.39, 0.29) is 49.0 Å². The van der Waals surface area contributed by atoms with Crippen molar-refractivity contribution >= 4 is 45.4 Å². The van der Waals surface area contributed by atoms with Crippen molar-refractivity contribution in [2.45, 2.75) is 100 Å². The van der Waals surface area contributed by atoms with Crippen LogP contribution in [0.2, 0.25) is 0 Å². The summed E-state index contributed by atoms with van der Waals surface area (Å²) in [6.45, 7) is 0.0153. The first kappa shape index (κ1) is 32.0. The second-order valence-corrected chi connectivity index (χ2v) is 13.9. The molecule has 3 N–H and O–H groups in total. The Labute approximate surface area is 280 Å². The third kappa shape index (κ3) is 6.60. The third-order valence-corrected chi connectivity index (χ3v) is 10.6. The van der Waals surface area contributed by atoms with Gasteiger partial charge in [0.25, 0.3) is 5.89 Å². The average Bonchev–Trinajstić information content (AvgIpc) is 3.71. The largest absolute Gasteiger partial charge is 0.479 e. The van der Waals surface area contributed by atoms with Gasteiger partial charge in [0, 0.05) is 12.3 Å². The summed E-state index contributed by atoms with van der Waals surface area (Å²) in [5.74, 6) is -1.79. The Kier molecular flexibility index (Phi) is 9.03. The van der Waals surface area contributed by atoms with Gasteiger partial charge in [0.05, 0.1) is 18.3 Å². The number of oxazole rings is 1. The Bertz CT molecular complexity index is 1700. The minimum atomic E-state index is -1.44. The van der Waals surface area contributed by atoms with Crippen molar-refractivity contribution in [3.8, 4) is 17.6 Å². The predicted molar refractivity (Wildman–Crippen MR) is 172 cm³/mol. The second kappa shape index (κ2) is 13.5. The molecule has 3 aromatic heterocycles. The Morgan fingerprint density at radius 1 is 1.10 bits per heavy atom. The molecule has 1 saturated heterocycles. The summed E-state index contributed by atoms with van der Waals surface area (Å²) in [5.41, 5.74) is -0.814. The van der Waals surface area contributed by atoms with Gasteiger partial charge in [0.15, 0.2) is 0 Å². The molecular weight excluding hydrogens is 640 g/mol. The topological polar surface area (TPSA) is 186 Å². The van der Waals surface area contributed by atoms with Crippen molar-refractivity contribution in [3.05, 3.63) is 36.1 Å². The van der Waals surface area contributed by atoms with E-state index in [2.05, 4.69) is 25.6 Å². The summed E-state index contributed by atoms with van der Waals surface area (Å²) >= 11 is 1.39. The maximum Gasteiger partial charge on any atom is 0.408 e. The summed E-state index contributed by atoms with van der Waals surface area (Å²) in [4.78, 5) is 68.3. The lowest BCUT2D eigenvalue weighted by atomic mass is 10.0. The minimum Gasteiger partial charge on any atom is -0.479 e. The highest BCUT2D eigenvalue weighted by Crippen LogP contribution is 2.45. The van der Waals surface area contributed by atoms with Crippen LogP contribution in [-0.2, 0) is 19.1 Å². The van der Waals surface area contributed by atoms with E-state index >= 15 is 0 Å². The number of allylic oxidation sites excluding steroid dienone is 1. The maximum atomic E-state index is 14.3. The van der Waals surface area contributed by atoms with E-state index in [1.807, 2.05) is 23.6 Å². The molecule has 2 aliphatic heterocycles. The number of carbonyl (C=O) groups is 4. The lowest BCUT2D eigenvalue weighted by Gasteiger charge is -2.29. The molecule has 7 rings (SSSR count). The monoisotopic (exact) mass is 678 g/mol. The van der Waals surface area contributed by atoms with Gasteiger partial charge in [-0.1, -0.05) is 25.0 Å². The van der Waals surface area contributed by atoms with Crippen LogP contribution in [0.4, 0.5) is 4.79 Å². The minimum absolute atomic E-state index is 0.0153. The van der Waals surface area contributed by atoms with Crippen LogP contribution < -0.4 is 15.4 Å². The van der Waals surface area contributed by atoms with Gasteiger partial charge < -0.3 is 34.5 Å². The van der Waals surface area contributed by atoms with Crippen LogP contribution in [0.5, 0.6) is 5.88 Å². The molecule has 5 atom stereocenters. The SMILES string of the molecule is O=C(N[C@H]1CCCCC/C=C\[C@@H]2C[C@@]2(C(=O)O)NC(=O)[C@@H]2C[C@@H](Oc3nc(-c4ncco4)nc4ccsc34)CN2C1=O)OC1CCCC1. The molecule has 14 nitrogen and oxygen atoms in total. The molecule has 3 fully saturated rings. The van der Waals surface area contributed by atoms with Crippen molar-refractivity contribution in [1.29, 1.82) is 0 Å². The second-order valence-electron chi connectivity index (χ2n) is 13.0. The van der Waals surface area contributed by atoms with Crippen LogP contribution in [0.15, 0.2) is 40.5 Å². The number of nitrogens with one attached hydrogen (secondary N) is 2. The van der Waals surface area contributed by atoms with Gasteiger partial charge in [0.1, 0.15) is 40.8 Å². The van der Waals surface area contributed by atoms with Gasteiger partial charge in [-0.2, -0.15) is 4.98 Å². The average molecular weight is 679 g/mol. The Morgan fingerprint density at radius 2 is 1.94 bits per heavy atom. The van der Waals surface area contributed by atoms with Gasteiger partial charge in [-0.3, -0.25) is 9.59 Å². The molecule has 254 valence electrons. The highest BCUT2D eigenvalue weighted by molar-refractivity contribution is 7.17. The Hall–Kier alpha value is -4.53. The van der Waals surface area contributed by atoms with E-state index < -0.39 is 47.6 Å². The summed E-state index contributed by atoms with van der Waals surface area (Å²) in [6.07, 6.45) is 12.6. The van der Waals surface area contributed by atoms with E-state index in [0.717, 1.165) is 44.9 Å². The first-order valence-electron chi connectivity index (χ1n) is 16.6. The normalized spacial score (nSPS) is 28.9. The van der Waals surface area contributed by atoms with Crippen LogP contribution in [0.1, 0.15) is 70.6 Å². The van der Waals surface area contributed by atoms with Crippen molar-refractivity contribution < 1.29 is 38.2 Å². The van der Waals surface area contributed by atoms with E-state index in [4.69, 9.17) is 13.9 Å². The lowest BCUT2D eigenvalue weighted by molar-refractivity contribution is -0.145. The number of carboxylic acids is 1. The standard InChI is InChI=1S/C33H38N6O8S/c40-27-24-16-21(46-28-25-22(12-15-48-25)35-26(37-28)29-34-13-14-45-29)18-39(24)30(41)23(36-32(44)47-20-9-6-7-10-20)11-5-3-1-2-4-8-19-17-33(19,38-27)31(42)43/h4,8,12-15,19-21,23-24H,1-3,5-7,9-11,16-18H2,(H,36,44)(H,38,40)(H,42,43)/b8-4-/t19-,21-,23+,24+,33-/m1/s1. The molecule has 3 aromatic rings. The molecule has 3 amide bonds. The van der Waals surface area contributed by atoms with Crippen molar-refractivity contribution in [1.82, 2.24) is 30.5 Å². The quantitative estimate of drug-likeness (QED) is 0.317. The highest BCUT2D eigenvalue weighted by Gasteiger charge is 2.61. The molecule has 0 bridgehead atoms. The van der Waals surface area contributed by atoms with E-state index in [9.17, 15) is 24.3 Å². The predicted octanol–water partition coefficient (Wildman–Crippen LogP) is 4.21. The van der Waals surface area contributed by atoms with E-state index in [1.54, 1.807) is 0 Å².